The fourth-order valence-electron chi connectivity index (χ4n) is 1.87. The van der Waals surface area contributed by atoms with Gasteiger partial charge >= 0.3 is 0 Å². The van der Waals surface area contributed by atoms with E-state index in [9.17, 15) is 19.7 Å². The summed E-state index contributed by atoms with van der Waals surface area (Å²) in [6.45, 7) is -0.219. The summed E-state index contributed by atoms with van der Waals surface area (Å²) in [6, 6.07) is 11.0. The van der Waals surface area contributed by atoms with E-state index in [0.29, 0.717) is 9.92 Å². The van der Waals surface area contributed by atoms with E-state index < -0.39 is 10.8 Å². The zero-order chi connectivity index (χ0) is 18.4. The van der Waals surface area contributed by atoms with Crippen molar-refractivity contribution in [1.82, 2.24) is 10.6 Å². The van der Waals surface area contributed by atoms with E-state index in [1.54, 1.807) is 24.3 Å². The maximum atomic E-state index is 12.4. The van der Waals surface area contributed by atoms with E-state index in [0.717, 1.165) is 4.90 Å². The second-order valence-electron chi connectivity index (χ2n) is 4.85. The monoisotopic (exact) mass is 379 g/mol. The van der Waals surface area contributed by atoms with E-state index >= 15 is 0 Å². The van der Waals surface area contributed by atoms with Crippen LogP contribution in [0.2, 0.25) is 5.02 Å². The van der Waals surface area contributed by atoms with Crippen molar-refractivity contribution < 1.29 is 14.5 Å². The van der Waals surface area contributed by atoms with Gasteiger partial charge in [-0.05, 0) is 30.3 Å². The number of nitrogens with one attached hydrogen (secondary N) is 2. The molecule has 2 aromatic carbocycles. The van der Waals surface area contributed by atoms with Gasteiger partial charge in [-0.15, -0.1) is 0 Å². The fraction of sp³-hybridized carbons (Fsp3) is 0.125. The molecule has 2 N–H and O–H groups in total. The average Bonchev–Trinajstić information content (AvgIpc) is 2.61. The first-order valence-electron chi connectivity index (χ1n) is 7.11. The van der Waals surface area contributed by atoms with Crippen molar-refractivity contribution >= 4 is 40.9 Å². The lowest BCUT2D eigenvalue weighted by Crippen LogP contribution is -2.35. The number of nitro groups is 1. The van der Waals surface area contributed by atoms with Gasteiger partial charge in [0.1, 0.15) is 0 Å². The first kappa shape index (κ1) is 18.8. The Labute approximate surface area is 152 Å². The Hall–Kier alpha value is -2.58. The maximum Gasteiger partial charge on any atom is 0.270 e. The summed E-state index contributed by atoms with van der Waals surface area (Å²) in [5.41, 5.74) is -0.0800. The SMILES string of the molecule is CNC(=O)CNC(=O)c1cc([N+](=O)[O-])ccc1Sc1ccc(Cl)cc1. The Morgan fingerprint density at radius 2 is 1.88 bits per heavy atom. The molecule has 9 heteroatoms. The molecule has 0 spiro atoms. The predicted molar refractivity (Wildman–Crippen MR) is 95.1 cm³/mol. The number of rotatable bonds is 6. The Balaban J connectivity index is 2.31. The third-order valence-corrected chi connectivity index (χ3v) is 4.48. The number of benzene rings is 2. The van der Waals surface area contributed by atoms with Crippen LogP contribution in [-0.4, -0.2) is 30.3 Å². The van der Waals surface area contributed by atoms with Crippen molar-refractivity contribution in [2.45, 2.75) is 9.79 Å². The third-order valence-electron chi connectivity index (χ3n) is 3.15. The van der Waals surface area contributed by atoms with E-state index in [2.05, 4.69) is 10.6 Å². The normalized spacial score (nSPS) is 10.2. The van der Waals surface area contributed by atoms with E-state index in [1.807, 2.05) is 0 Å². The zero-order valence-electron chi connectivity index (χ0n) is 13.1. The molecule has 0 aliphatic heterocycles. The zero-order valence-corrected chi connectivity index (χ0v) is 14.7. The van der Waals surface area contributed by atoms with Crippen molar-refractivity contribution in [2.75, 3.05) is 13.6 Å². The lowest BCUT2D eigenvalue weighted by Gasteiger charge is -2.10. The van der Waals surface area contributed by atoms with Crippen LogP contribution >= 0.6 is 23.4 Å². The topological polar surface area (TPSA) is 101 Å². The standard InChI is InChI=1S/C16H14ClN3O4S/c1-18-15(21)9-19-16(22)13-8-11(20(23)24)4-7-14(13)25-12-5-2-10(17)3-6-12/h2-8H,9H2,1H3,(H,18,21)(H,19,22). The highest BCUT2D eigenvalue weighted by molar-refractivity contribution is 7.99. The second-order valence-corrected chi connectivity index (χ2v) is 6.40. The number of non-ortho nitro benzene ring substituents is 1. The molecule has 0 aliphatic rings. The first-order chi connectivity index (χ1) is 11.9. The molecule has 0 aliphatic carbocycles. The van der Waals surface area contributed by atoms with Gasteiger partial charge in [0, 0.05) is 34.0 Å². The van der Waals surface area contributed by atoms with Gasteiger partial charge < -0.3 is 10.6 Å². The molecule has 2 aromatic rings. The molecule has 130 valence electrons. The highest BCUT2D eigenvalue weighted by atomic mass is 35.5. The minimum absolute atomic E-state index is 0.123. The molecule has 0 aromatic heterocycles. The highest BCUT2D eigenvalue weighted by Gasteiger charge is 2.18. The van der Waals surface area contributed by atoms with Gasteiger partial charge in [0.15, 0.2) is 0 Å². The minimum Gasteiger partial charge on any atom is -0.358 e. The Bertz CT molecular complexity index is 812. The van der Waals surface area contributed by atoms with Crippen LogP contribution in [0.15, 0.2) is 52.3 Å². The van der Waals surface area contributed by atoms with E-state index in [-0.39, 0.29) is 23.7 Å². The van der Waals surface area contributed by atoms with Gasteiger partial charge in [0.25, 0.3) is 11.6 Å². The van der Waals surface area contributed by atoms with Crippen molar-refractivity contribution in [3.8, 4) is 0 Å². The fourth-order valence-corrected chi connectivity index (χ4v) is 2.92. The predicted octanol–water partition coefficient (Wildman–Crippen LogP) is 2.88. The molecule has 0 saturated heterocycles. The molecule has 0 heterocycles. The summed E-state index contributed by atoms with van der Waals surface area (Å²) in [5, 5.41) is 16.4. The average molecular weight is 380 g/mol. The highest BCUT2D eigenvalue weighted by Crippen LogP contribution is 2.33. The van der Waals surface area contributed by atoms with Crippen LogP contribution in [0.5, 0.6) is 0 Å². The smallest absolute Gasteiger partial charge is 0.270 e. The van der Waals surface area contributed by atoms with Crippen LogP contribution in [0.1, 0.15) is 10.4 Å². The van der Waals surface area contributed by atoms with Crippen molar-refractivity contribution in [3.05, 3.63) is 63.2 Å². The third kappa shape index (κ3) is 5.20. The van der Waals surface area contributed by atoms with Crippen molar-refractivity contribution in [1.29, 1.82) is 0 Å². The molecule has 0 fully saturated rings. The lowest BCUT2D eigenvalue weighted by molar-refractivity contribution is -0.384. The van der Waals surface area contributed by atoms with Crippen LogP contribution in [0, 0.1) is 10.1 Å². The Morgan fingerprint density at radius 1 is 1.20 bits per heavy atom. The second kappa shape index (κ2) is 8.50. The van der Waals surface area contributed by atoms with Gasteiger partial charge in [-0.1, -0.05) is 23.4 Å². The maximum absolute atomic E-state index is 12.4. The van der Waals surface area contributed by atoms with Gasteiger partial charge in [0.05, 0.1) is 17.0 Å². The largest absolute Gasteiger partial charge is 0.358 e. The number of nitro benzene ring substituents is 1. The summed E-state index contributed by atoms with van der Waals surface area (Å²) in [6.07, 6.45) is 0. The summed E-state index contributed by atoms with van der Waals surface area (Å²) in [5.74, 6) is -0.936. The van der Waals surface area contributed by atoms with Crippen LogP contribution in [0.25, 0.3) is 0 Å². The summed E-state index contributed by atoms with van der Waals surface area (Å²) in [7, 11) is 1.45. The Morgan fingerprint density at radius 3 is 2.48 bits per heavy atom. The number of hydrogen-bond donors (Lipinski definition) is 2. The lowest BCUT2D eigenvalue weighted by atomic mass is 10.2. The van der Waals surface area contributed by atoms with Crippen LogP contribution in [-0.2, 0) is 4.79 Å². The number of nitrogens with zero attached hydrogens (tertiary/aromatic N) is 1. The number of likely N-dealkylation sites (N-methyl/N-ethyl adjacent to an activating group) is 1. The summed E-state index contributed by atoms with van der Waals surface area (Å²) in [4.78, 5) is 35.4. The Kier molecular flexibility index (Phi) is 6.37. The molecule has 25 heavy (non-hydrogen) atoms. The molecule has 0 radical (unpaired) electrons. The molecule has 2 amide bonds. The summed E-state index contributed by atoms with van der Waals surface area (Å²) >= 11 is 7.12. The van der Waals surface area contributed by atoms with Gasteiger partial charge in [-0.3, -0.25) is 19.7 Å². The molecular formula is C16H14ClN3O4S. The molecule has 2 rings (SSSR count). The molecule has 7 nitrogen and oxygen atoms in total. The van der Waals surface area contributed by atoms with Crippen molar-refractivity contribution in [3.63, 3.8) is 0 Å². The quantitative estimate of drug-likeness (QED) is 0.593. The number of halogens is 1. The number of carbonyl (C=O) groups is 2. The van der Waals surface area contributed by atoms with Crippen molar-refractivity contribution in [2.24, 2.45) is 0 Å². The molecular weight excluding hydrogens is 366 g/mol. The molecule has 0 unspecified atom stereocenters. The first-order valence-corrected chi connectivity index (χ1v) is 8.31. The van der Waals surface area contributed by atoms with E-state index in [1.165, 1.54) is 37.0 Å². The summed E-state index contributed by atoms with van der Waals surface area (Å²) < 4.78 is 0. The minimum atomic E-state index is -0.577. The van der Waals surface area contributed by atoms with Gasteiger partial charge in [-0.25, -0.2) is 0 Å². The number of amides is 2. The van der Waals surface area contributed by atoms with Crippen LogP contribution < -0.4 is 10.6 Å². The van der Waals surface area contributed by atoms with Gasteiger partial charge in [0.2, 0.25) is 5.91 Å². The van der Waals surface area contributed by atoms with E-state index in [4.69, 9.17) is 11.6 Å². The number of hydrogen-bond acceptors (Lipinski definition) is 5. The van der Waals surface area contributed by atoms with Gasteiger partial charge in [-0.2, -0.15) is 0 Å². The number of carbonyl (C=O) groups excluding carboxylic acids is 2. The molecule has 0 atom stereocenters. The van der Waals surface area contributed by atoms with Crippen LogP contribution in [0.4, 0.5) is 5.69 Å². The van der Waals surface area contributed by atoms with Crippen LogP contribution in [0.3, 0.4) is 0 Å². The molecule has 0 bridgehead atoms. The molecule has 0 saturated carbocycles.